The van der Waals surface area contributed by atoms with Gasteiger partial charge in [0, 0.05) is 23.3 Å². The molecule has 0 aliphatic carbocycles. The monoisotopic (exact) mass is 610 g/mol. The van der Waals surface area contributed by atoms with Gasteiger partial charge in [-0.15, -0.1) is 10.2 Å². The Hall–Kier alpha value is -2.99. The molecule has 1 aliphatic heterocycles. The Bertz CT molecular complexity index is 1410. The van der Waals surface area contributed by atoms with Crippen molar-refractivity contribution in [2.75, 3.05) is 19.8 Å². The summed E-state index contributed by atoms with van der Waals surface area (Å²) in [7, 11) is 0. The minimum Gasteiger partial charge on any atom is -0.488 e. The zero-order valence-corrected chi connectivity index (χ0v) is 25.0. The number of benzene rings is 1. The van der Waals surface area contributed by atoms with Crippen molar-refractivity contribution in [3.63, 3.8) is 0 Å². The minimum atomic E-state index is -0.913. The molecule has 0 bridgehead atoms. The van der Waals surface area contributed by atoms with Crippen molar-refractivity contribution in [1.82, 2.24) is 20.1 Å². The Balaban J connectivity index is 1.51. The van der Waals surface area contributed by atoms with Crippen LogP contribution in [0.3, 0.4) is 0 Å². The number of aromatic nitrogens is 3. The molecule has 0 N–H and O–H groups in total. The highest BCUT2D eigenvalue weighted by Crippen LogP contribution is 2.38. The van der Waals surface area contributed by atoms with E-state index < -0.39 is 29.3 Å². The molecule has 13 heteroatoms. The molecule has 214 valence electrons. The number of pyridine rings is 1. The van der Waals surface area contributed by atoms with Crippen molar-refractivity contribution in [1.29, 1.82) is 0 Å². The van der Waals surface area contributed by atoms with Crippen LogP contribution in [0.15, 0.2) is 36.9 Å². The van der Waals surface area contributed by atoms with E-state index in [1.165, 1.54) is 28.4 Å². The minimum absolute atomic E-state index is 0.0305. The van der Waals surface area contributed by atoms with Gasteiger partial charge < -0.3 is 18.9 Å². The van der Waals surface area contributed by atoms with E-state index in [1.54, 1.807) is 52.8 Å². The van der Waals surface area contributed by atoms with Gasteiger partial charge in [-0.1, -0.05) is 47.2 Å². The summed E-state index contributed by atoms with van der Waals surface area (Å²) in [6.45, 7) is 12.9. The summed E-state index contributed by atoms with van der Waals surface area (Å²) in [6, 6.07) is 5.41. The summed E-state index contributed by atoms with van der Waals surface area (Å²) in [5.74, 6) is -0.409. The van der Waals surface area contributed by atoms with Gasteiger partial charge in [0.25, 0.3) is 0 Å². The first-order chi connectivity index (χ1) is 18.8. The van der Waals surface area contributed by atoms with E-state index in [1.807, 2.05) is 0 Å². The highest BCUT2D eigenvalue weighted by molar-refractivity contribution is 7.18. The lowest BCUT2D eigenvalue weighted by molar-refractivity contribution is -0.0637. The standard InChI is InChI=1S/C27H29Cl2FN4O5S/c1-7-8-36-22-10-15(9-21(29)31-22)23-32-33-24(40-23)17-11-19(30)20(12-18(17)28)37-13-16-14-38-27(5,6)34(16)25(35)39-26(2,3)4/h7,9-12,16H,1,8,13-14H2,2-6H3. The van der Waals surface area contributed by atoms with Gasteiger partial charge in [-0.3, -0.25) is 4.90 Å². The maximum atomic E-state index is 15.2. The molecular formula is C27H29Cl2FN4O5S. The van der Waals surface area contributed by atoms with Crippen LogP contribution in [0, 0.1) is 5.82 Å². The van der Waals surface area contributed by atoms with Crippen LogP contribution in [0.4, 0.5) is 9.18 Å². The normalized spacial score (nSPS) is 16.6. The molecule has 40 heavy (non-hydrogen) atoms. The van der Waals surface area contributed by atoms with Gasteiger partial charge >= 0.3 is 6.09 Å². The molecule has 4 rings (SSSR count). The topological polar surface area (TPSA) is 95.9 Å². The summed E-state index contributed by atoms with van der Waals surface area (Å²) in [4.78, 5) is 18.4. The number of rotatable bonds is 8. The average molecular weight is 612 g/mol. The van der Waals surface area contributed by atoms with Crippen LogP contribution in [0.1, 0.15) is 34.6 Å². The van der Waals surface area contributed by atoms with Crippen LogP contribution < -0.4 is 9.47 Å². The molecule has 1 aliphatic rings. The third-order valence-electron chi connectivity index (χ3n) is 5.64. The molecule has 1 fully saturated rings. The fourth-order valence-corrected chi connectivity index (χ4v) is 5.30. The summed E-state index contributed by atoms with van der Waals surface area (Å²) < 4.78 is 37.7. The molecule has 9 nitrogen and oxygen atoms in total. The number of carbonyl (C=O) groups is 1. The first kappa shape index (κ1) is 30.0. The van der Waals surface area contributed by atoms with Crippen LogP contribution >= 0.6 is 34.5 Å². The third kappa shape index (κ3) is 7.01. The number of amides is 1. The fourth-order valence-electron chi connectivity index (χ4n) is 3.94. The zero-order valence-electron chi connectivity index (χ0n) is 22.7. The first-order valence-electron chi connectivity index (χ1n) is 12.3. The molecule has 1 amide bonds. The lowest BCUT2D eigenvalue weighted by Crippen LogP contribution is -2.51. The Morgan fingerprint density at radius 1 is 1.23 bits per heavy atom. The number of hydrogen-bond acceptors (Lipinski definition) is 9. The lowest BCUT2D eigenvalue weighted by atomic mass is 10.2. The van der Waals surface area contributed by atoms with Crippen LogP contribution in [0.5, 0.6) is 11.6 Å². The van der Waals surface area contributed by atoms with Crippen LogP contribution in [-0.4, -0.2) is 63.4 Å². The fraction of sp³-hybridized carbons (Fsp3) is 0.407. The van der Waals surface area contributed by atoms with E-state index in [0.717, 1.165) is 0 Å². The highest BCUT2D eigenvalue weighted by Gasteiger charge is 2.46. The number of ether oxygens (including phenoxy) is 4. The Morgan fingerprint density at radius 3 is 2.65 bits per heavy atom. The van der Waals surface area contributed by atoms with E-state index in [2.05, 4.69) is 21.8 Å². The molecule has 1 unspecified atom stereocenters. The zero-order chi connectivity index (χ0) is 29.2. The average Bonchev–Trinajstić information content (AvgIpc) is 3.46. The number of carbonyl (C=O) groups excluding carboxylic acids is 1. The maximum absolute atomic E-state index is 15.2. The van der Waals surface area contributed by atoms with Gasteiger partial charge in [0.1, 0.15) is 39.7 Å². The summed E-state index contributed by atoms with van der Waals surface area (Å²) in [5, 5.41) is 9.74. The van der Waals surface area contributed by atoms with Crippen LogP contribution in [0.2, 0.25) is 10.2 Å². The van der Waals surface area contributed by atoms with Gasteiger partial charge in [-0.05, 0) is 46.8 Å². The highest BCUT2D eigenvalue weighted by atomic mass is 35.5. The van der Waals surface area contributed by atoms with Gasteiger partial charge in [0.2, 0.25) is 5.88 Å². The number of halogens is 3. The van der Waals surface area contributed by atoms with E-state index in [-0.39, 0.29) is 35.7 Å². The molecule has 1 saturated heterocycles. The van der Waals surface area contributed by atoms with Crippen molar-refractivity contribution in [3.05, 3.63) is 52.9 Å². The molecule has 1 atom stereocenters. The first-order valence-corrected chi connectivity index (χ1v) is 13.9. The Morgan fingerprint density at radius 2 is 1.95 bits per heavy atom. The number of hydrogen-bond donors (Lipinski definition) is 0. The lowest BCUT2D eigenvalue weighted by Gasteiger charge is -2.35. The van der Waals surface area contributed by atoms with Crippen molar-refractivity contribution in [3.8, 4) is 32.8 Å². The van der Waals surface area contributed by atoms with E-state index in [0.29, 0.717) is 27.0 Å². The van der Waals surface area contributed by atoms with Crippen molar-refractivity contribution in [2.45, 2.75) is 52.0 Å². The van der Waals surface area contributed by atoms with Gasteiger partial charge in [0.15, 0.2) is 11.6 Å². The SMILES string of the molecule is C=CCOc1cc(-c2nnc(-c3cc(F)c(OCC4COC(C)(C)N4C(=O)OC(C)(C)C)cc3Cl)s2)cc(Cl)n1. The molecule has 0 spiro atoms. The number of nitrogens with zero attached hydrogens (tertiary/aromatic N) is 4. The molecule has 0 radical (unpaired) electrons. The van der Waals surface area contributed by atoms with Crippen LogP contribution in [-0.2, 0) is 9.47 Å². The summed E-state index contributed by atoms with van der Waals surface area (Å²) >= 11 is 13.8. The molecule has 3 heterocycles. The van der Waals surface area contributed by atoms with Crippen molar-refractivity contribution in [2.24, 2.45) is 0 Å². The molecule has 0 saturated carbocycles. The van der Waals surface area contributed by atoms with E-state index in [9.17, 15) is 4.79 Å². The second-order valence-corrected chi connectivity index (χ2v) is 12.1. The van der Waals surface area contributed by atoms with Gasteiger partial charge in [-0.25, -0.2) is 14.2 Å². The maximum Gasteiger partial charge on any atom is 0.413 e. The second kappa shape index (κ2) is 11.9. The van der Waals surface area contributed by atoms with Crippen LogP contribution in [0.25, 0.3) is 21.1 Å². The predicted molar refractivity (Wildman–Crippen MR) is 152 cm³/mol. The molecule has 3 aromatic rings. The Kier molecular flexibility index (Phi) is 8.89. The van der Waals surface area contributed by atoms with E-state index >= 15 is 4.39 Å². The molecule has 1 aromatic carbocycles. The Labute approximate surface area is 245 Å². The second-order valence-electron chi connectivity index (χ2n) is 10.4. The van der Waals surface area contributed by atoms with Crippen molar-refractivity contribution < 1.29 is 28.1 Å². The van der Waals surface area contributed by atoms with Gasteiger partial charge in [-0.2, -0.15) is 0 Å². The summed E-state index contributed by atoms with van der Waals surface area (Å²) in [6.07, 6.45) is 1.05. The smallest absolute Gasteiger partial charge is 0.413 e. The largest absolute Gasteiger partial charge is 0.488 e. The molecule has 2 aromatic heterocycles. The van der Waals surface area contributed by atoms with Gasteiger partial charge in [0.05, 0.1) is 17.7 Å². The third-order valence-corrected chi connectivity index (χ3v) is 7.15. The van der Waals surface area contributed by atoms with Crippen molar-refractivity contribution >= 4 is 40.6 Å². The van der Waals surface area contributed by atoms with E-state index in [4.69, 9.17) is 42.1 Å². The molecular weight excluding hydrogens is 582 g/mol. The predicted octanol–water partition coefficient (Wildman–Crippen LogP) is 7.03. The summed E-state index contributed by atoms with van der Waals surface area (Å²) in [5.41, 5.74) is -0.620. The quantitative estimate of drug-likeness (QED) is 0.198.